The van der Waals surface area contributed by atoms with Gasteiger partial charge in [0.1, 0.15) is 5.75 Å². The van der Waals surface area contributed by atoms with E-state index in [2.05, 4.69) is 49.5 Å². The molecule has 0 fully saturated rings. The van der Waals surface area contributed by atoms with E-state index in [4.69, 9.17) is 0 Å². The van der Waals surface area contributed by atoms with Gasteiger partial charge in [0.2, 0.25) is 0 Å². The minimum atomic E-state index is 0.375. The third-order valence-electron chi connectivity index (χ3n) is 4.49. The molecule has 0 bridgehead atoms. The largest absolute Gasteiger partial charge is 0.508 e. The van der Waals surface area contributed by atoms with Crippen molar-refractivity contribution in [2.75, 3.05) is 0 Å². The van der Waals surface area contributed by atoms with Crippen LogP contribution in [0.2, 0.25) is 0 Å². The van der Waals surface area contributed by atoms with E-state index in [0.29, 0.717) is 17.8 Å². The van der Waals surface area contributed by atoms with E-state index in [1.54, 1.807) is 6.07 Å². The summed E-state index contributed by atoms with van der Waals surface area (Å²) < 4.78 is 0. The molecule has 3 rings (SSSR count). The first kappa shape index (κ1) is 14.2. The maximum absolute atomic E-state index is 9.59. The number of fused-ring (bicyclic) bond motifs is 1. The monoisotopic (exact) mass is 281 g/mol. The molecule has 0 saturated carbocycles. The molecule has 110 valence electrons. The molecule has 21 heavy (non-hydrogen) atoms. The molecule has 1 aliphatic carbocycles. The first-order valence-electron chi connectivity index (χ1n) is 7.81. The topological polar surface area (TPSA) is 32.3 Å². The van der Waals surface area contributed by atoms with E-state index in [1.807, 2.05) is 6.07 Å². The second-order valence-corrected chi connectivity index (χ2v) is 6.01. The number of nitrogens with one attached hydrogen (secondary N) is 1. The summed E-state index contributed by atoms with van der Waals surface area (Å²) in [7, 11) is 0. The predicted octanol–water partition coefficient (Wildman–Crippen LogP) is 4.43. The molecule has 2 nitrogen and oxygen atoms in total. The quantitative estimate of drug-likeness (QED) is 0.869. The molecule has 0 saturated heterocycles. The molecular formula is C19H23NO. The molecule has 0 amide bonds. The molecule has 2 heteroatoms. The van der Waals surface area contributed by atoms with Crippen LogP contribution in [0.5, 0.6) is 5.75 Å². The van der Waals surface area contributed by atoms with Gasteiger partial charge in [-0.3, -0.25) is 0 Å². The van der Waals surface area contributed by atoms with Crippen LogP contribution in [-0.2, 0) is 6.42 Å². The molecule has 2 unspecified atom stereocenters. The SMILES string of the molecule is CCC(NC1CCc2cc(O)ccc21)c1ccc(C)cc1. The number of benzene rings is 2. The first-order valence-corrected chi connectivity index (χ1v) is 7.81. The van der Waals surface area contributed by atoms with Crippen LogP contribution < -0.4 is 5.32 Å². The van der Waals surface area contributed by atoms with Crippen LogP contribution >= 0.6 is 0 Å². The molecule has 1 aliphatic rings. The number of phenols is 1. The van der Waals surface area contributed by atoms with Gasteiger partial charge in [-0.1, -0.05) is 42.8 Å². The summed E-state index contributed by atoms with van der Waals surface area (Å²) in [6.07, 6.45) is 3.24. The molecule has 0 radical (unpaired) electrons. The summed E-state index contributed by atoms with van der Waals surface area (Å²) in [6, 6.07) is 15.4. The van der Waals surface area contributed by atoms with Crippen LogP contribution in [0.4, 0.5) is 0 Å². The highest BCUT2D eigenvalue weighted by Gasteiger charge is 2.24. The lowest BCUT2D eigenvalue weighted by Crippen LogP contribution is -2.24. The Labute approximate surface area is 126 Å². The Kier molecular flexibility index (Phi) is 3.98. The zero-order chi connectivity index (χ0) is 14.8. The van der Waals surface area contributed by atoms with Crippen LogP contribution in [0.15, 0.2) is 42.5 Å². The fourth-order valence-electron chi connectivity index (χ4n) is 3.27. The van der Waals surface area contributed by atoms with Crippen molar-refractivity contribution in [2.24, 2.45) is 0 Å². The lowest BCUT2D eigenvalue weighted by molar-refractivity contribution is 0.433. The fraction of sp³-hybridized carbons (Fsp3) is 0.368. The highest BCUT2D eigenvalue weighted by atomic mass is 16.3. The minimum Gasteiger partial charge on any atom is -0.508 e. The lowest BCUT2D eigenvalue weighted by atomic mass is 10.0. The smallest absolute Gasteiger partial charge is 0.115 e. The van der Waals surface area contributed by atoms with Crippen LogP contribution in [0.25, 0.3) is 0 Å². The molecule has 2 aromatic carbocycles. The summed E-state index contributed by atoms with van der Waals surface area (Å²) in [5.74, 6) is 0.375. The third-order valence-corrected chi connectivity index (χ3v) is 4.49. The van der Waals surface area contributed by atoms with Gasteiger partial charge >= 0.3 is 0 Å². The van der Waals surface area contributed by atoms with Gasteiger partial charge in [-0.05, 0) is 55.0 Å². The number of hydrogen-bond acceptors (Lipinski definition) is 2. The Bertz CT molecular complexity index is 618. The Morgan fingerprint density at radius 3 is 2.67 bits per heavy atom. The van der Waals surface area contributed by atoms with Gasteiger partial charge < -0.3 is 10.4 Å². The summed E-state index contributed by atoms with van der Waals surface area (Å²) >= 11 is 0. The average Bonchev–Trinajstić information content (AvgIpc) is 2.88. The van der Waals surface area contributed by atoms with Crippen molar-refractivity contribution < 1.29 is 5.11 Å². The van der Waals surface area contributed by atoms with Crippen molar-refractivity contribution in [1.82, 2.24) is 5.32 Å². The van der Waals surface area contributed by atoms with Gasteiger partial charge in [-0.2, -0.15) is 0 Å². The summed E-state index contributed by atoms with van der Waals surface area (Å²) in [5, 5.41) is 13.4. The Morgan fingerprint density at radius 1 is 1.19 bits per heavy atom. The van der Waals surface area contributed by atoms with Gasteiger partial charge in [0.15, 0.2) is 0 Å². The van der Waals surface area contributed by atoms with Crippen molar-refractivity contribution >= 4 is 0 Å². The molecular weight excluding hydrogens is 258 g/mol. The van der Waals surface area contributed by atoms with Crippen LogP contribution in [0.3, 0.4) is 0 Å². The van der Waals surface area contributed by atoms with Crippen LogP contribution in [0.1, 0.15) is 54.1 Å². The maximum Gasteiger partial charge on any atom is 0.115 e. The number of rotatable bonds is 4. The highest BCUT2D eigenvalue weighted by Crippen LogP contribution is 2.35. The van der Waals surface area contributed by atoms with Crippen molar-refractivity contribution in [2.45, 2.75) is 45.2 Å². The van der Waals surface area contributed by atoms with Gasteiger partial charge in [0.05, 0.1) is 0 Å². The van der Waals surface area contributed by atoms with Gasteiger partial charge in [0.25, 0.3) is 0 Å². The molecule has 0 spiro atoms. The molecule has 0 heterocycles. The lowest BCUT2D eigenvalue weighted by Gasteiger charge is -2.23. The van der Waals surface area contributed by atoms with E-state index in [9.17, 15) is 5.11 Å². The number of aryl methyl sites for hydroxylation is 2. The van der Waals surface area contributed by atoms with E-state index in [0.717, 1.165) is 19.3 Å². The summed E-state index contributed by atoms with van der Waals surface area (Å²) in [5.41, 5.74) is 5.29. The van der Waals surface area contributed by atoms with Crippen LogP contribution in [-0.4, -0.2) is 5.11 Å². The van der Waals surface area contributed by atoms with E-state index in [-0.39, 0.29) is 0 Å². The van der Waals surface area contributed by atoms with Gasteiger partial charge in [-0.15, -0.1) is 0 Å². The zero-order valence-electron chi connectivity index (χ0n) is 12.8. The van der Waals surface area contributed by atoms with E-state index in [1.165, 1.54) is 22.3 Å². The number of aromatic hydroxyl groups is 1. The second-order valence-electron chi connectivity index (χ2n) is 6.01. The summed E-state index contributed by atoms with van der Waals surface area (Å²) in [6.45, 7) is 4.35. The second kappa shape index (κ2) is 5.90. The van der Waals surface area contributed by atoms with E-state index >= 15 is 0 Å². The zero-order valence-corrected chi connectivity index (χ0v) is 12.8. The average molecular weight is 281 g/mol. The molecule has 2 aromatic rings. The molecule has 2 atom stereocenters. The number of phenolic OH excluding ortho intramolecular Hbond substituents is 1. The normalized spacial score (nSPS) is 18.5. The molecule has 0 aliphatic heterocycles. The van der Waals surface area contributed by atoms with Gasteiger partial charge in [0, 0.05) is 12.1 Å². The third kappa shape index (κ3) is 2.96. The van der Waals surface area contributed by atoms with Crippen molar-refractivity contribution in [3.63, 3.8) is 0 Å². The molecule has 0 aromatic heterocycles. The van der Waals surface area contributed by atoms with Crippen molar-refractivity contribution in [3.05, 3.63) is 64.7 Å². The Morgan fingerprint density at radius 2 is 1.95 bits per heavy atom. The minimum absolute atomic E-state index is 0.375. The molecule has 2 N–H and O–H groups in total. The fourth-order valence-corrected chi connectivity index (χ4v) is 3.27. The van der Waals surface area contributed by atoms with Crippen LogP contribution in [0, 0.1) is 6.92 Å². The van der Waals surface area contributed by atoms with E-state index < -0.39 is 0 Å². The summed E-state index contributed by atoms with van der Waals surface area (Å²) in [4.78, 5) is 0. The first-order chi connectivity index (χ1) is 10.2. The Hall–Kier alpha value is -1.80. The highest BCUT2D eigenvalue weighted by molar-refractivity contribution is 5.40. The maximum atomic E-state index is 9.59. The Balaban J connectivity index is 1.78. The predicted molar refractivity (Wildman–Crippen MR) is 86.5 cm³/mol. The standard InChI is InChI=1S/C19H23NO/c1-3-18(14-6-4-13(2)5-7-14)20-19-11-8-15-12-16(21)9-10-17(15)19/h4-7,9-10,12,18-21H,3,8,11H2,1-2H3. The van der Waals surface area contributed by atoms with Gasteiger partial charge in [-0.25, -0.2) is 0 Å². The number of hydrogen-bond donors (Lipinski definition) is 2. The van der Waals surface area contributed by atoms with Crippen molar-refractivity contribution in [1.29, 1.82) is 0 Å². The van der Waals surface area contributed by atoms with Crippen molar-refractivity contribution in [3.8, 4) is 5.75 Å².